The molecule has 1 heterocycles. The number of rotatable bonds is 4. The second-order valence-electron chi connectivity index (χ2n) is 4.86. The predicted molar refractivity (Wildman–Crippen MR) is 76.3 cm³/mol. The summed E-state index contributed by atoms with van der Waals surface area (Å²) in [6.45, 7) is 3.59. The Kier molecular flexibility index (Phi) is 4.39. The number of benzene rings is 1. The molecule has 0 saturated carbocycles. The molecule has 0 aliphatic carbocycles. The van der Waals surface area contributed by atoms with Gasteiger partial charge in [0.05, 0.1) is 4.90 Å². The molecular formula is C14H20N2O2S. The van der Waals surface area contributed by atoms with Crippen LogP contribution in [-0.2, 0) is 16.4 Å². The molecule has 2 N–H and O–H groups in total. The van der Waals surface area contributed by atoms with Crippen LogP contribution in [0, 0.1) is 0 Å². The van der Waals surface area contributed by atoms with Crippen molar-refractivity contribution in [2.75, 3.05) is 19.6 Å². The summed E-state index contributed by atoms with van der Waals surface area (Å²) < 4.78 is 26.5. The van der Waals surface area contributed by atoms with E-state index < -0.39 is 10.0 Å². The Bertz CT molecular complexity index is 562. The van der Waals surface area contributed by atoms with E-state index >= 15 is 0 Å². The maximum atomic E-state index is 12.5. The van der Waals surface area contributed by atoms with Crippen LogP contribution >= 0.6 is 0 Å². The first-order chi connectivity index (χ1) is 9.04. The quantitative estimate of drug-likeness (QED) is 0.851. The average Bonchev–Trinajstić information content (AvgIpc) is 2.40. The zero-order valence-corrected chi connectivity index (χ0v) is 12.0. The first kappa shape index (κ1) is 14.2. The summed E-state index contributed by atoms with van der Waals surface area (Å²) in [6.07, 6.45) is 3.65. The van der Waals surface area contributed by atoms with Crippen LogP contribution in [0.4, 0.5) is 0 Å². The summed E-state index contributed by atoms with van der Waals surface area (Å²) in [4.78, 5) is 0.364. The van der Waals surface area contributed by atoms with Gasteiger partial charge < -0.3 is 5.73 Å². The van der Waals surface area contributed by atoms with Gasteiger partial charge in [-0.1, -0.05) is 23.8 Å². The molecular weight excluding hydrogens is 260 g/mol. The van der Waals surface area contributed by atoms with Gasteiger partial charge >= 0.3 is 0 Å². The maximum absolute atomic E-state index is 12.5. The van der Waals surface area contributed by atoms with E-state index in [2.05, 4.69) is 6.08 Å². The van der Waals surface area contributed by atoms with E-state index in [0.717, 1.165) is 24.0 Å². The third-order valence-corrected chi connectivity index (χ3v) is 5.15. The first-order valence-electron chi connectivity index (χ1n) is 6.49. The van der Waals surface area contributed by atoms with Crippen molar-refractivity contribution in [1.29, 1.82) is 0 Å². The summed E-state index contributed by atoms with van der Waals surface area (Å²) in [5.74, 6) is 0. The molecule has 1 aromatic rings. The van der Waals surface area contributed by atoms with Crippen LogP contribution in [0.15, 0.2) is 40.8 Å². The summed E-state index contributed by atoms with van der Waals surface area (Å²) in [7, 11) is -3.37. The number of hydrogen-bond donors (Lipinski definition) is 1. The fraction of sp³-hybridized carbons (Fsp3) is 0.429. The molecule has 4 nitrogen and oxygen atoms in total. The molecule has 104 valence electrons. The molecule has 0 bridgehead atoms. The van der Waals surface area contributed by atoms with Crippen LogP contribution in [0.1, 0.15) is 18.9 Å². The molecule has 0 unspecified atom stereocenters. The summed E-state index contributed by atoms with van der Waals surface area (Å²) >= 11 is 0. The van der Waals surface area contributed by atoms with Gasteiger partial charge in [0, 0.05) is 13.1 Å². The van der Waals surface area contributed by atoms with Gasteiger partial charge in [0.2, 0.25) is 10.0 Å². The zero-order chi connectivity index (χ0) is 13.9. The summed E-state index contributed by atoms with van der Waals surface area (Å²) in [6, 6.07) is 7.03. The summed E-state index contributed by atoms with van der Waals surface area (Å²) in [5.41, 5.74) is 7.66. The van der Waals surface area contributed by atoms with Crippen molar-refractivity contribution in [2.45, 2.75) is 24.7 Å². The van der Waals surface area contributed by atoms with Crippen molar-refractivity contribution in [3.05, 3.63) is 41.5 Å². The fourth-order valence-electron chi connectivity index (χ4n) is 2.23. The minimum Gasteiger partial charge on any atom is -0.330 e. The van der Waals surface area contributed by atoms with E-state index in [4.69, 9.17) is 5.73 Å². The largest absolute Gasteiger partial charge is 0.330 e. The highest BCUT2D eigenvalue weighted by molar-refractivity contribution is 7.89. The van der Waals surface area contributed by atoms with Gasteiger partial charge in [0.25, 0.3) is 0 Å². The van der Waals surface area contributed by atoms with Crippen molar-refractivity contribution in [1.82, 2.24) is 4.31 Å². The van der Waals surface area contributed by atoms with Gasteiger partial charge in [-0.25, -0.2) is 8.42 Å². The van der Waals surface area contributed by atoms with Crippen molar-refractivity contribution in [3.63, 3.8) is 0 Å². The number of sulfonamides is 1. The highest BCUT2D eigenvalue weighted by atomic mass is 32.2. The summed E-state index contributed by atoms with van der Waals surface area (Å²) in [5, 5.41) is 0. The first-order valence-corrected chi connectivity index (χ1v) is 7.93. The van der Waals surface area contributed by atoms with Gasteiger partial charge in [-0.15, -0.1) is 0 Å². The van der Waals surface area contributed by atoms with Crippen LogP contribution in [0.2, 0.25) is 0 Å². The molecule has 1 aliphatic rings. The smallest absolute Gasteiger partial charge is 0.243 e. The Morgan fingerprint density at radius 3 is 2.53 bits per heavy atom. The average molecular weight is 280 g/mol. The predicted octanol–water partition coefficient (Wildman–Crippen LogP) is 1.53. The fourth-order valence-corrected chi connectivity index (χ4v) is 3.72. The van der Waals surface area contributed by atoms with E-state index in [0.29, 0.717) is 24.5 Å². The third-order valence-electron chi connectivity index (χ3n) is 3.29. The van der Waals surface area contributed by atoms with E-state index in [1.807, 2.05) is 19.1 Å². The Balaban J connectivity index is 2.22. The van der Waals surface area contributed by atoms with Crippen LogP contribution in [-0.4, -0.2) is 32.4 Å². The zero-order valence-electron chi connectivity index (χ0n) is 11.2. The lowest BCUT2D eigenvalue weighted by Crippen LogP contribution is -2.35. The molecule has 5 heteroatoms. The van der Waals surface area contributed by atoms with Crippen LogP contribution in [0.3, 0.4) is 0 Å². The second kappa shape index (κ2) is 5.86. The minimum absolute atomic E-state index is 0.364. The molecule has 19 heavy (non-hydrogen) atoms. The highest BCUT2D eigenvalue weighted by Gasteiger charge is 2.25. The standard InChI is InChI=1S/C14H20N2O2S/c1-12-3-2-10-16(11-12)19(17,18)14-6-4-13(5-7-14)8-9-15/h3-7H,2,8-11,15H2,1H3. The minimum atomic E-state index is -3.37. The number of nitrogens with zero attached hydrogens (tertiary/aromatic N) is 1. The molecule has 0 atom stereocenters. The number of nitrogens with two attached hydrogens (primary N) is 1. The van der Waals surface area contributed by atoms with E-state index in [9.17, 15) is 8.42 Å². The Hall–Kier alpha value is -1.17. The monoisotopic (exact) mass is 280 g/mol. The Morgan fingerprint density at radius 2 is 1.95 bits per heavy atom. The molecule has 2 rings (SSSR count). The molecule has 1 aliphatic heterocycles. The molecule has 1 aromatic carbocycles. The Labute approximate surface area is 115 Å². The highest BCUT2D eigenvalue weighted by Crippen LogP contribution is 2.20. The number of hydrogen-bond acceptors (Lipinski definition) is 3. The van der Waals surface area contributed by atoms with E-state index in [1.165, 1.54) is 0 Å². The Morgan fingerprint density at radius 1 is 1.26 bits per heavy atom. The van der Waals surface area contributed by atoms with E-state index in [1.54, 1.807) is 16.4 Å². The van der Waals surface area contributed by atoms with Crippen molar-refractivity contribution in [2.24, 2.45) is 5.73 Å². The second-order valence-corrected chi connectivity index (χ2v) is 6.80. The van der Waals surface area contributed by atoms with Crippen LogP contribution in [0.25, 0.3) is 0 Å². The van der Waals surface area contributed by atoms with E-state index in [-0.39, 0.29) is 0 Å². The third kappa shape index (κ3) is 3.23. The van der Waals surface area contributed by atoms with Crippen molar-refractivity contribution < 1.29 is 8.42 Å². The molecule has 0 spiro atoms. The molecule has 0 saturated heterocycles. The lowest BCUT2D eigenvalue weighted by Gasteiger charge is -2.25. The SMILES string of the molecule is CC1=CCCN(S(=O)(=O)c2ccc(CCN)cc2)C1. The molecule has 0 amide bonds. The van der Waals surface area contributed by atoms with Crippen molar-refractivity contribution >= 4 is 10.0 Å². The van der Waals surface area contributed by atoms with Gasteiger partial charge in [-0.05, 0) is 44.0 Å². The lowest BCUT2D eigenvalue weighted by atomic mass is 10.2. The topological polar surface area (TPSA) is 63.4 Å². The van der Waals surface area contributed by atoms with Crippen LogP contribution in [0.5, 0.6) is 0 Å². The lowest BCUT2D eigenvalue weighted by molar-refractivity contribution is 0.428. The molecule has 0 radical (unpaired) electrons. The van der Waals surface area contributed by atoms with Gasteiger partial charge in [-0.3, -0.25) is 0 Å². The molecule has 0 fully saturated rings. The van der Waals surface area contributed by atoms with Crippen molar-refractivity contribution in [3.8, 4) is 0 Å². The van der Waals surface area contributed by atoms with Crippen LogP contribution < -0.4 is 5.73 Å². The van der Waals surface area contributed by atoms with Gasteiger partial charge in [0.15, 0.2) is 0 Å². The normalized spacial score (nSPS) is 17.3. The molecule has 0 aromatic heterocycles. The van der Waals surface area contributed by atoms with Gasteiger partial charge in [-0.2, -0.15) is 4.31 Å². The van der Waals surface area contributed by atoms with Gasteiger partial charge in [0.1, 0.15) is 0 Å². The maximum Gasteiger partial charge on any atom is 0.243 e.